The summed E-state index contributed by atoms with van der Waals surface area (Å²) in [6.07, 6.45) is 2.48. The van der Waals surface area contributed by atoms with Crippen molar-refractivity contribution in [1.29, 1.82) is 0 Å². The number of pyridine rings is 1. The number of ether oxygens (including phenoxy) is 1. The van der Waals surface area contributed by atoms with Crippen molar-refractivity contribution >= 4 is 0 Å². The Balaban J connectivity index is 1.62. The van der Waals surface area contributed by atoms with Crippen LogP contribution < -0.4 is 4.74 Å². The number of nitrogens with zero attached hydrogens (tertiary/aromatic N) is 1. The van der Waals surface area contributed by atoms with Crippen LogP contribution in [0, 0.1) is 5.95 Å². The molecule has 0 saturated carbocycles. The molecule has 1 unspecified atom stereocenters. The molecule has 0 radical (unpaired) electrons. The normalized spacial score (nSPS) is 17.1. The van der Waals surface area contributed by atoms with E-state index < -0.39 is 5.95 Å². The van der Waals surface area contributed by atoms with Crippen molar-refractivity contribution in [1.82, 2.24) is 4.98 Å². The first-order valence-corrected chi connectivity index (χ1v) is 5.65. The van der Waals surface area contributed by atoms with Gasteiger partial charge >= 0.3 is 0 Å². The van der Waals surface area contributed by atoms with Crippen LogP contribution in [0.4, 0.5) is 4.39 Å². The molecule has 0 amide bonds. The Labute approximate surface area is 99.1 Å². The number of fused-ring (bicyclic) bond motifs is 1. The van der Waals surface area contributed by atoms with E-state index in [9.17, 15) is 4.39 Å². The van der Waals surface area contributed by atoms with Gasteiger partial charge in [-0.15, -0.1) is 0 Å². The Kier molecular flexibility index (Phi) is 2.52. The van der Waals surface area contributed by atoms with Crippen molar-refractivity contribution in [2.45, 2.75) is 12.3 Å². The fraction of sp³-hybridized carbons (Fsp3) is 0.214. The lowest BCUT2D eigenvalue weighted by Crippen LogP contribution is -2.23. The second-order valence-electron chi connectivity index (χ2n) is 4.23. The van der Waals surface area contributed by atoms with Gasteiger partial charge in [-0.3, -0.25) is 0 Å². The van der Waals surface area contributed by atoms with Gasteiger partial charge in [0.1, 0.15) is 5.75 Å². The molecule has 86 valence electrons. The van der Waals surface area contributed by atoms with E-state index in [1.165, 1.54) is 23.4 Å². The van der Waals surface area contributed by atoms with E-state index in [2.05, 4.69) is 23.2 Å². The minimum Gasteiger partial charge on any atom is -0.491 e. The molecule has 2 aromatic rings. The second-order valence-corrected chi connectivity index (χ2v) is 4.23. The maximum atomic E-state index is 12.6. The average molecular weight is 229 g/mol. The number of aromatic nitrogens is 1. The van der Waals surface area contributed by atoms with Crippen LogP contribution in [0.2, 0.25) is 0 Å². The van der Waals surface area contributed by atoms with Gasteiger partial charge in [0, 0.05) is 5.92 Å². The van der Waals surface area contributed by atoms with Crippen LogP contribution in [0.1, 0.15) is 17.0 Å². The summed E-state index contributed by atoms with van der Waals surface area (Å²) in [5.41, 5.74) is 2.76. The summed E-state index contributed by atoms with van der Waals surface area (Å²) in [5.74, 6) is 0.596. The monoisotopic (exact) mass is 229 g/mol. The highest BCUT2D eigenvalue weighted by Gasteiger charge is 2.25. The number of hydrogen-bond donors (Lipinski definition) is 0. The van der Waals surface area contributed by atoms with E-state index >= 15 is 0 Å². The van der Waals surface area contributed by atoms with Crippen molar-refractivity contribution < 1.29 is 9.13 Å². The standard InChI is InChI=1S/C14H12FNO/c15-14-6-5-12(8-16-14)17-9-11-7-10-3-1-2-4-13(10)11/h1-6,8,11H,7,9H2. The minimum absolute atomic E-state index is 0.455. The zero-order valence-electron chi connectivity index (χ0n) is 9.27. The molecule has 3 rings (SSSR count). The Bertz CT molecular complexity index is 524. The first-order chi connectivity index (χ1) is 8.33. The first kappa shape index (κ1) is 10.3. The molecular formula is C14H12FNO. The largest absolute Gasteiger partial charge is 0.491 e. The van der Waals surface area contributed by atoms with Crippen LogP contribution in [-0.4, -0.2) is 11.6 Å². The Hall–Kier alpha value is -1.90. The predicted molar refractivity (Wildman–Crippen MR) is 62.6 cm³/mol. The third kappa shape index (κ3) is 2.00. The van der Waals surface area contributed by atoms with Gasteiger partial charge in [-0.2, -0.15) is 4.39 Å². The highest BCUT2D eigenvalue weighted by molar-refractivity contribution is 5.40. The Morgan fingerprint density at radius 3 is 2.88 bits per heavy atom. The van der Waals surface area contributed by atoms with E-state index in [-0.39, 0.29) is 0 Å². The minimum atomic E-state index is -0.480. The maximum absolute atomic E-state index is 12.6. The molecule has 0 bridgehead atoms. The number of halogens is 1. The van der Waals surface area contributed by atoms with Crippen molar-refractivity contribution in [2.75, 3.05) is 6.61 Å². The fourth-order valence-corrected chi connectivity index (χ4v) is 2.16. The van der Waals surface area contributed by atoms with Crippen LogP contribution in [0.3, 0.4) is 0 Å². The Morgan fingerprint density at radius 2 is 2.12 bits per heavy atom. The van der Waals surface area contributed by atoms with Crippen LogP contribution in [0.5, 0.6) is 5.75 Å². The lowest BCUT2D eigenvalue weighted by molar-refractivity contribution is 0.273. The molecule has 1 atom stereocenters. The zero-order chi connectivity index (χ0) is 11.7. The van der Waals surface area contributed by atoms with E-state index in [4.69, 9.17) is 4.74 Å². The molecule has 0 spiro atoms. The highest BCUT2D eigenvalue weighted by atomic mass is 19.1. The predicted octanol–water partition coefficient (Wildman–Crippen LogP) is 2.94. The van der Waals surface area contributed by atoms with Gasteiger partial charge in [0.2, 0.25) is 5.95 Å². The summed E-state index contributed by atoms with van der Waals surface area (Å²) in [4.78, 5) is 3.55. The number of hydrogen-bond acceptors (Lipinski definition) is 2. The summed E-state index contributed by atoms with van der Waals surface area (Å²) in [7, 11) is 0. The van der Waals surface area contributed by atoms with Gasteiger partial charge in [0.15, 0.2) is 0 Å². The van der Waals surface area contributed by atoms with Gasteiger partial charge in [-0.05, 0) is 29.7 Å². The van der Waals surface area contributed by atoms with Crippen LogP contribution in [0.15, 0.2) is 42.6 Å². The molecule has 0 fully saturated rings. The molecular weight excluding hydrogens is 217 g/mol. The summed E-state index contributed by atoms with van der Waals surface area (Å²) >= 11 is 0. The second kappa shape index (κ2) is 4.17. The van der Waals surface area contributed by atoms with Crippen molar-refractivity contribution in [3.8, 4) is 5.75 Å². The first-order valence-electron chi connectivity index (χ1n) is 5.65. The lowest BCUT2D eigenvalue weighted by Gasteiger charge is -2.29. The molecule has 2 nitrogen and oxygen atoms in total. The molecule has 1 heterocycles. The van der Waals surface area contributed by atoms with Gasteiger partial charge in [0.25, 0.3) is 0 Å². The van der Waals surface area contributed by atoms with Gasteiger partial charge in [-0.1, -0.05) is 24.3 Å². The molecule has 1 aromatic heterocycles. The SMILES string of the molecule is Fc1ccc(OCC2Cc3ccccc32)cn1. The number of benzene rings is 1. The fourth-order valence-electron chi connectivity index (χ4n) is 2.16. The van der Waals surface area contributed by atoms with Gasteiger partial charge in [-0.25, -0.2) is 4.98 Å². The molecule has 0 saturated heterocycles. The molecule has 17 heavy (non-hydrogen) atoms. The van der Waals surface area contributed by atoms with Crippen LogP contribution in [-0.2, 0) is 6.42 Å². The summed E-state index contributed by atoms with van der Waals surface area (Å²) in [6, 6.07) is 11.3. The van der Waals surface area contributed by atoms with Crippen molar-refractivity contribution in [3.05, 3.63) is 59.7 Å². The van der Waals surface area contributed by atoms with Crippen molar-refractivity contribution in [2.24, 2.45) is 0 Å². The molecule has 0 aliphatic heterocycles. The summed E-state index contributed by atoms with van der Waals surface area (Å²) < 4.78 is 18.2. The lowest BCUT2D eigenvalue weighted by atomic mass is 9.78. The van der Waals surface area contributed by atoms with E-state index in [1.807, 2.05) is 6.07 Å². The highest BCUT2D eigenvalue weighted by Crippen LogP contribution is 2.34. The zero-order valence-corrected chi connectivity index (χ0v) is 9.27. The molecule has 1 aliphatic rings. The van der Waals surface area contributed by atoms with Crippen LogP contribution in [0.25, 0.3) is 0 Å². The smallest absolute Gasteiger partial charge is 0.213 e. The van der Waals surface area contributed by atoms with E-state index in [1.54, 1.807) is 6.07 Å². The van der Waals surface area contributed by atoms with Gasteiger partial charge < -0.3 is 4.74 Å². The maximum Gasteiger partial charge on any atom is 0.213 e. The van der Waals surface area contributed by atoms with E-state index in [0.29, 0.717) is 18.3 Å². The third-order valence-electron chi connectivity index (χ3n) is 3.11. The molecule has 1 aromatic carbocycles. The van der Waals surface area contributed by atoms with Gasteiger partial charge in [0.05, 0.1) is 12.8 Å². The van der Waals surface area contributed by atoms with Crippen molar-refractivity contribution in [3.63, 3.8) is 0 Å². The summed E-state index contributed by atoms with van der Waals surface area (Å²) in [6.45, 7) is 0.629. The summed E-state index contributed by atoms with van der Waals surface area (Å²) in [5, 5.41) is 0. The Morgan fingerprint density at radius 1 is 1.24 bits per heavy atom. The average Bonchev–Trinajstić information content (AvgIpc) is 2.33. The third-order valence-corrected chi connectivity index (χ3v) is 3.11. The van der Waals surface area contributed by atoms with Crippen LogP contribution >= 0.6 is 0 Å². The molecule has 3 heteroatoms. The topological polar surface area (TPSA) is 22.1 Å². The molecule has 1 aliphatic carbocycles. The quantitative estimate of drug-likeness (QED) is 0.755. The molecule has 0 N–H and O–H groups in total. The number of rotatable bonds is 3. The van der Waals surface area contributed by atoms with E-state index in [0.717, 1.165) is 6.42 Å².